The van der Waals surface area contributed by atoms with E-state index in [0.29, 0.717) is 0 Å². The molecule has 1 aliphatic heterocycles. The summed E-state index contributed by atoms with van der Waals surface area (Å²) in [5.41, 5.74) is 23.5. The zero-order valence-corrected chi connectivity index (χ0v) is 26.2. The van der Waals surface area contributed by atoms with Gasteiger partial charge in [-0.1, -0.05) is 0 Å². The van der Waals surface area contributed by atoms with Gasteiger partial charge in [0.1, 0.15) is 11.4 Å². The third kappa shape index (κ3) is 3.79. The molecule has 37 heavy (non-hydrogen) atoms. The third-order valence-electron chi connectivity index (χ3n) is 10.9. The Kier molecular flexibility index (Phi) is 6.72. The van der Waals surface area contributed by atoms with Gasteiger partial charge in [0.15, 0.2) is 0 Å². The lowest BCUT2D eigenvalue weighted by molar-refractivity contribution is 0.0527. The van der Waals surface area contributed by atoms with Crippen LogP contribution in [-0.2, 0) is 5.60 Å². The monoisotopic (exact) mass is 496 g/mol. The highest BCUT2D eigenvalue weighted by molar-refractivity contribution is 5.63. The zero-order chi connectivity index (χ0) is 27.9. The molecular formula is C36H48O. The summed E-state index contributed by atoms with van der Waals surface area (Å²) in [6, 6.07) is 0. The normalized spacial score (nSPS) is 19.2. The predicted molar refractivity (Wildman–Crippen MR) is 160 cm³/mol. The first-order chi connectivity index (χ1) is 17.1. The van der Waals surface area contributed by atoms with Crippen LogP contribution in [-0.4, -0.2) is 0 Å². The molecule has 0 aliphatic carbocycles. The van der Waals surface area contributed by atoms with Gasteiger partial charge >= 0.3 is 0 Å². The minimum atomic E-state index is -0.417. The molecule has 0 aromatic heterocycles. The van der Waals surface area contributed by atoms with Crippen LogP contribution in [0.5, 0.6) is 5.75 Å². The summed E-state index contributed by atoms with van der Waals surface area (Å²) >= 11 is 0. The van der Waals surface area contributed by atoms with Gasteiger partial charge in [0.25, 0.3) is 0 Å². The van der Waals surface area contributed by atoms with Crippen LogP contribution < -0.4 is 4.74 Å². The number of hydrogen-bond donors (Lipinski definition) is 0. The molecule has 2 unspecified atom stereocenters. The second-order valence-electron chi connectivity index (χ2n) is 12.4. The number of benzene rings is 3. The van der Waals surface area contributed by atoms with Crippen molar-refractivity contribution in [3.8, 4) is 5.75 Å². The molecule has 0 N–H and O–H groups in total. The average molecular weight is 497 g/mol. The first kappa shape index (κ1) is 27.5. The molecule has 0 saturated carbocycles. The number of rotatable bonds is 2. The molecule has 0 bridgehead atoms. The van der Waals surface area contributed by atoms with Crippen molar-refractivity contribution in [1.29, 1.82) is 0 Å². The molecule has 0 saturated heterocycles. The molecule has 0 spiro atoms. The van der Waals surface area contributed by atoms with E-state index in [1.807, 2.05) is 0 Å². The van der Waals surface area contributed by atoms with E-state index in [-0.39, 0.29) is 5.92 Å². The lowest BCUT2D eigenvalue weighted by atomic mass is 9.69. The van der Waals surface area contributed by atoms with Gasteiger partial charge in [-0.2, -0.15) is 0 Å². The Morgan fingerprint density at radius 2 is 0.757 bits per heavy atom. The van der Waals surface area contributed by atoms with Crippen LogP contribution in [0.15, 0.2) is 0 Å². The number of hydrogen-bond acceptors (Lipinski definition) is 1. The first-order valence-corrected chi connectivity index (χ1v) is 14.0. The molecule has 0 radical (unpaired) electrons. The van der Waals surface area contributed by atoms with Crippen molar-refractivity contribution >= 4 is 0 Å². The Balaban J connectivity index is 2.15. The van der Waals surface area contributed by atoms with Crippen molar-refractivity contribution in [1.82, 2.24) is 0 Å². The summed E-state index contributed by atoms with van der Waals surface area (Å²) < 4.78 is 7.28. The van der Waals surface area contributed by atoms with Crippen LogP contribution in [0.25, 0.3) is 0 Å². The molecule has 198 valence electrons. The van der Waals surface area contributed by atoms with E-state index >= 15 is 0 Å². The van der Waals surface area contributed by atoms with E-state index in [1.54, 1.807) is 0 Å². The van der Waals surface area contributed by atoms with Gasteiger partial charge in [0, 0.05) is 23.5 Å². The van der Waals surface area contributed by atoms with Gasteiger partial charge in [0.05, 0.1) is 0 Å². The largest absolute Gasteiger partial charge is 0.482 e. The van der Waals surface area contributed by atoms with Crippen LogP contribution in [0, 0.1) is 96.9 Å². The molecule has 1 heterocycles. The van der Waals surface area contributed by atoms with Crippen molar-refractivity contribution < 1.29 is 4.74 Å². The highest BCUT2D eigenvalue weighted by Crippen LogP contribution is 2.55. The highest BCUT2D eigenvalue weighted by atomic mass is 16.5. The van der Waals surface area contributed by atoms with Crippen molar-refractivity contribution in [3.05, 3.63) is 94.6 Å². The van der Waals surface area contributed by atoms with Crippen molar-refractivity contribution in [2.75, 3.05) is 0 Å². The topological polar surface area (TPSA) is 9.23 Å². The van der Waals surface area contributed by atoms with Crippen LogP contribution in [0.1, 0.15) is 114 Å². The standard InChI is InChI=1S/C36H48O/c1-17-19(3)25(9)32(26(10)20(17)4)31-16-36(15,34-28(12)22(6)18(2)23(7)29(34)13)37-35-30(14)24(8)21(5)27(11)33(31)35/h31H,16H2,1-15H3. The van der Waals surface area contributed by atoms with Crippen molar-refractivity contribution in [3.63, 3.8) is 0 Å². The SMILES string of the molecule is Cc1c(C)c(C)c(C2CC(C)(c3c(C)c(C)c(C)c(C)c3C)Oc3c(C)c(C)c(C)c(C)c32)c(C)c1C. The molecule has 1 aliphatic rings. The maximum atomic E-state index is 7.28. The molecule has 1 nitrogen and oxygen atoms in total. The lowest BCUT2D eigenvalue weighted by Crippen LogP contribution is -2.39. The van der Waals surface area contributed by atoms with Gasteiger partial charge in [-0.15, -0.1) is 0 Å². The van der Waals surface area contributed by atoms with E-state index in [4.69, 9.17) is 4.74 Å². The second kappa shape index (κ2) is 9.04. The van der Waals surface area contributed by atoms with Gasteiger partial charge in [-0.05, 0) is 187 Å². The first-order valence-electron chi connectivity index (χ1n) is 14.0. The Labute approximate surface area is 226 Å². The van der Waals surface area contributed by atoms with Crippen molar-refractivity contribution in [2.45, 2.75) is 122 Å². The molecule has 3 aromatic rings. The fourth-order valence-corrected chi connectivity index (χ4v) is 7.36. The van der Waals surface area contributed by atoms with Gasteiger partial charge in [0.2, 0.25) is 0 Å². The summed E-state index contributed by atoms with van der Waals surface area (Å²) in [6.07, 6.45) is 0.940. The maximum absolute atomic E-state index is 7.28. The average Bonchev–Trinajstić information content (AvgIpc) is 2.85. The van der Waals surface area contributed by atoms with E-state index in [1.165, 1.54) is 94.6 Å². The zero-order valence-electron chi connectivity index (χ0n) is 26.2. The molecule has 2 atom stereocenters. The van der Waals surface area contributed by atoms with Gasteiger partial charge in [-0.3, -0.25) is 0 Å². The molecule has 4 rings (SSSR count). The summed E-state index contributed by atoms with van der Waals surface area (Å²) in [4.78, 5) is 0. The Hall–Kier alpha value is -2.54. The predicted octanol–water partition coefficient (Wildman–Crippen LogP) is 9.83. The number of fused-ring (bicyclic) bond motifs is 1. The minimum absolute atomic E-state index is 0.283. The fraction of sp³-hybridized carbons (Fsp3) is 0.500. The van der Waals surface area contributed by atoms with E-state index < -0.39 is 5.60 Å². The quantitative estimate of drug-likeness (QED) is 0.343. The summed E-state index contributed by atoms with van der Waals surface area (Å²) in [7, 11) is 0. The Morgan fingerprint density at radius 3 is 1.19 bits per heavy atom. The smallest absolute Gasteiger partial charge is 0.133 e. The second-order valence-corrected chi connectivity index (χ2v) is 12.4. The van der Waals surface area contributed by atoms with Crippen LogP contribution in [0.2, 0.25) is 0 Å². The van der Waals surface area contributed by atoms with Crippen LogP contribution in [0.3, 0.4) is 0 Å². The minimum Gasteiger partial charge on any atom is -0.482 e. The molecule has 3 aromatic carbocycles. The lowest BCUT2D eigenvalue weighted by Gasteiger charge is -2.45. The highest BCUT2D eigenvalue weighted by Gasteiger charge is 2.44. The van der Waals surface area contributed by atoms with Gasteiger partial charge < -0.3 is 4.74 Å². The number of ether oxygens (including phenoxy) is 1. The van der Waals surface area contributed by atoms with E-state index in [0.717, 1.165) is 12.2 Å². The van der Waals surface area contributed by atoms with E-state index in [2.05, 4.69) is 104 Å². The maximum Gasteiger partial charge on any atom is 0.133 e. The molecule has 1 heteroatoms. The third-order valence-corrected chi connectivity index (χ3v) is 10.9. The molecular weight excluding hydrogens is 448 g/mol. The Bertz CT molecular complexity index is 1410. The van der Waals surface area contributed by atoms with Crippen LogP contribution >= 0.6 is 0 Å². The summed E-state index contributed by atoms with van der Waals surface area (Å²) in [6.45, 7) is 34.5. The van der Waals surface area contributed by atoms with Gasteiger partial charge in [-0.25, -0.2) is 0 Å². The fourth-order valence-electron chi connectivity index (χ4n) is 7.36. The molecule has 0 fully saturated rings. The van der Waals surface area contributed by atoms with Crippen LogP contribution in [0.4, 0.5) is 0 Å². The Morgan fingerprint density at radius 1 is 0.432 bits per heavy atom. The van der Waals surface area contributed by atoms with E-state index in [9.17, 15) is 0 Å². The summed E-state index contributed by atoms with van der Waals surface area (Å²) in [5, 5.41) is 0. The van der Waals surface area contributed by atoms with Crippen molar-refractivity contribution in [2.24, 2.45) is 0 Å². The summed E-state index contributed by atoms with van der Waals surface area (Å²) in [5.74, 6) is 1.40. The molecule has 0 amide bonds.